The van der Waals surface area contributed by atoms with E-state index in [2.05, 4.69) is 15.6 Å². The second-order valence-corrected chi connectivity index (χ2v) is 8.46. The number of hydrogen-bond acceptors (Lipinski definition) is 8. The van der Waals surface area contributed by atoms with Crippen molar-refractivity contribution in [3.05, 3.63) is 89.6 Å². The summed E-state index contributed by atoms with van der Waals surface area (Å²) in [5, 5.41) is 5.35. The maximum absolute atomic E-state index is 12.8. The van der Waals surface area contributed by atoms with Crippen molar-refractivity contribution in [1.29, 1.82) is 0 Å². The van der Waals surface area contributed by atoms with Gasteiger partial charge in [0.05, 0.1) is 6.04 Å². The van der Waals surface area contributed by atoms with Crippen molar-refractivity contribution in [3.63, 3.8) is 0 Å². The van der Waals surface area contributed by atoms with E-state index in [1.165, 1.54) is 6.26 Å². The van der Waals surface area contributed by atoms with Gasteiger partial charge >= 0.3 is 12.1 Å². The van der Waals surface area contributed by atoms with E-state index in [1.807, 2.05) is 60.7 Å². The maximum atomic E-state index is 12.8. The molecular weight excluding hydrogens is 476 g/mol. The summed E-state index contributed by atoms with van der Waals surface area (Å²) in [5.74, 6) is -0.915. The molecule has 10 heteroatoms. The van der Waals surface area contributed by atoms with E-state index in [1.54, 1.807) is 6.92 Å². The van der Waals surface area contributed by atoms with Crippen LogP contribution in [0, 0.1) is 0 Å². The minimum atomic E-state index is -0.906. The molecule has 3 rings (SSSR count). The van der Waals surface area contributed by atoms with E-state index >= 15 is 0 Å². The number of ether oxygens (including phenoxy) is 2. The first kappa shape index (κ1) is 27.4. The van der Waals surface area contributed by atoms with Crippen molar-refractivity contribution in [2.45, 2.75) is 51.5 Å². The molecule has 2 aromatic carbocycles. The molecule has 3 aromatic rings. The highest BCUT2D eigenvalue weighted by molar-refractivity contribution is 5.94. The summed E-state index contributed by atoms with van der Waals surface area (Å²) >= 11 is 0. The third kappa shape index (κ3) is 9.42. The lowest BCUT2D eigenvalue weighted by atomic mass is 10.1. The molecule has 0 saturated carbocycles. The summed E-state index contributed by atoms with van der Waals surface area (Å²) in [7, 11) is 0. The fourth-order valence-corrected chi connectivity index (χ4v) is 3.35. The van der Waals surface area contributed by atoms with Gasteiger partial charge in [-0.2, -0.15) is 0 Å². The predicted molar refractivity (Wildman–Crippen MR) is 135 cm³/mol. The number of aromatic nitrogens is 1. The number of unbranched alkanes of at least 4 members (excludes halogenated alkanes) is 1. The number of esters is 1. The number of nitrogens with one attached hydrogen (secondary N) is 2. The minimum absolute atomic E-state index is 0.0241. The maximum Gasteiger partial charge on any atom is 0.407 e. The molecular formula is C27H32N4O6. The highest BCUT2D eigenvalue weighted by Gasteiger charge is 2.24. The molecule has 0 saturated heterocycles. The first-order valence-electron chi connectivity index (χ1n) is 12.1. The predicted octanol–water partition coefficient (Wildman–Crippen LogP) is 3.63. The van der Waals surface area contributed by atoms with Crippen LogP contribution in [0.2, 0.25) is 0 Å². The molecule has 0 aliphatic carbocycles. The van der Waals surface area contributed by atoms with E-state index in [-0.39, 0.29) is 24.8 Å². The smallest absolute Gasteiger partial charge is 0.407 e. The summed E-state index contributed by atoms with van der Waals surface area (Å²) in [6.07, 6.45) is 2.09. The zero-order valence-electron chi connectivity index (χ0n) is 20.7. The van der Waals surface area contributed by atoms with Gasteiger partial charge in [-0.05, 0) is 37.3 Å². The number of nitrogens with zero attached hydrogens (tertiary/aromatic N) is 1. The quantitative estimate of drug-likeness (QED) is 0.234. The number of hydrogen-bond donors (Lipinski definition) is 3. The fourth-order valence-electron chi connectivity index (χ4n) is 3.35. The Morgan fingerprint density at radius 1 is 0.946 bits per heavy atom. The third-order valence-electron chi connectivity index (χ3n) is 5.36. The molecule has 0 fully saturated rings. The van der Waals surface area contributed by atoms with Crippen LogP contribution in [0.5, 0.6) is 0 Å². The van der Waals surface area contributed by atoms with Crippen molar-refractivity contribution in [3.8, 4) is 0 Å². The summed E-state index contributed by atoms with van der Waals surface area (Å²) < 4.78 is 15.8. The second kappa shape index (κ2) is 14.4. The lowest BCUT2D eigenvalue weighted by Gasteiger charge is -2.17. The fraction of sp³-hybridized carbons (Fsp3) is 0.333. The molecule has 196 valence electrons. The van der Waals surface area contributed by atoms with Crippen LogP contribution in [-0.2, 0) is 27.5 Å². The summed E-state index contributed by atoms with van der Waals surface area (Å²) in [6.45, 7) is 2.30. The van der Waals surface area contributed by atoms with Gasteiger partial charge in [-0.1, -0.05) is 60.7 Å². The number of nitrogens with two attached hydrogens (primary N) is 1. The molecule has 2 atom stereocenters. The highest BCUT2D eigenvalue weighted by atomic mass is 16.5. The molecule has 10 nitrogen and oxygen atoms in total. The normalized spacial score (nSPS) is 12.3. The van der Waals surface area contributed by atoms with Gasteiger partial charge in [0.25, 0.3) is 5.91 Å². The van der Waals surface area contributed by atoms with E-state index in [0.29, 0.717) is 25.8 Å². The van der Waals surface area contributed by atoms with Crippen LogP contribution in [-0.4, -0.2) is 35.5 Å². The van der Waals surface area contributed by atoms with Gasteiger partial charge in [0.1, 0.15) is 25.5 Å². The molecule has 4 N–H and O–H groups in total. The Kier molecular flexibility index (Phi) is 10.7. The Morgan fingerprint density at radius 3 is 2.16 bits per heavy atom. The van der Waals surface area contributed by atoms with Crippen molar-refractivity contribution in [1.82, 2.24) is 15.6 Å². The Balaban J connectivity index is 1.47. The number of carbonyl (C=O) groups excluding carboxylic acids is 3. The van der Waals surface area contributed by atoms with Crippen LogP contribution >= 0.6 is 0 Å². The van der Waals surface area contributed by atoms with Gasteiger partial charge in [0.15, 0.2) is 5.69 Å². The number of benzene rings is 2. The average molecular weight is 509 g/mol. The first-order chi connectivity index (χ1) is 17.9. The van der Waals surface area contributed by atoms with Crippen LogP contribution in [0.3, 0.4) is 0 Å². The van der Waals surface area contributed by atoms with Gasteiger partial charge < -0.3 is 30.3 Å². The van der Waals surface area contributed by atoms with E-state index in [9.17, 15) is 14.4 Å². The standard InChI is InChI=1S/C27H32N4O6/c1-19(28)25-31-23(18-35-25)24(32)30-22(26(33)36-16-20-10-4-2-5-11-20)14-8-9-15-29-27(34)37-17-21-12-6-3-7-13-21/h2-7,10-13,18-19,22H,8-9,14-17,28H2,1H3,(H,29,34)(H,30,32). The third-order valence-corrected chi connectivity index (χ3v) is 5.36. The second-order valence-electron chi connectivity index (χ2n) is 8.46. The Bertz CT molecular complexity index is 1130. The van der Waals surface area contributed by atoms with Crippen molar-refractivity contribution < 1.29 is 28.3 Å². The molecule has 2 unspecified atom stereocenters. The van der Waals surface area contributed by atoms with Gasteiger partial charge in [-0.25, -0.2) is 14.6 Å². The van der Waals surface area contributed by atoms with Crippen LogP contribution in [0.4, 0.5) is 4.79 Å². The number of alkyl carbamates (subject to hydrolysis) is 1. The molecule has 0 aliphatic heterocycles. The molecule has 0 bridgehead atoms. The van der Waals surface area contributed by atoms with Gasteiger partial charge in [-0.15, -0.1) is 0 Å². The lowest BCUT2D eigenvalue weighted by Crippen LogP contribution is -2.42. The number of amides is 2. The Hall–Kier alpha value is -4.18. The Labute approximate surface area is 215 Å². The summed E-state index contributed by atoms with van der Waals surface area (Å²) in [4.78, 5) is 41.5. The number of oxazole rings is 1. The minimum Gasteiger partial charge on any atom is -0.459 e. The summed E-state index contributed by atoms with van der Waals surface area (Å²) in [5.41, 5.74) is 7.48. The monoisotopic (exact) mass is 508 g/mol. The van der Waals surface area contributed by atoms with Crippen LogP contribution in [0.15, 0.2) is 71.3 Å². The van der Waals surface area contributed by atoms with Crippen molar-refractivity contribution in [2.24, 2.45) is 5.73 Å². The van der Waals surface area contributed by atoms with Crippen molar-refractivity contribution >= 4 is 18.0 Å². The zero-order chi connectivity index (χ0) is 26.5. The van der Waals surface area contributed by atoms with Crippen LogP contribution < -0.4 is 16.4 Å². The molecule has 0 aliphatic rings. The molecule has 1 heterocycles. The average Bonchev–Trinajstić information content (AvgIpc) is 3.42. The van der Waals surface area contributed by atoms with Gasteiger partial charge in [0, 0.05) is 6.54 Å². The molecule has 37 heavy (non-hydrogen) atoms. The van der Waals surface area contributed by atoms with Gasteiger partial charge in [0.2, 0.25) is 5.89 Å². The topological polar surface area (TPSA) is 146 Å². The number of carbonyl (C=O) groups is 3. The van der Waals surface area contributed by atoms with Crippen LogP contribution in [0.25, 0.3) is 0 Å². The van der Waals surface area contributed by atoms with Crippen molar-refractivity contribution in [2.75, 3.05) is 6.54 Å². The first-order valence-corrected chi connectivity index (χ1v) is 12.1. The van der Waals surface area contributed by atoms with E-state index < -0.39 is 30.1 Å². The summed E-state index contributed by atoms with van der Waals surface area (Å²) in [6, 6.07) is 17.2. The van der Waals surface area contributed by atoms with Crippen LogP contribution in [0.1, 0.15) is 59.7 Å². The number of rotatable bonds is 13. The SMILES string of the molecule is CC(N)c1nc(C(=O)NC(CCCCNC(=O)OCc2ccccc2)C(=O)OCc2ccccc2)co1. The van der Waals surface area contributed by atoms with E-state index in [4.69, 9.17) is 19.6 Å². The zero-order valence-corrected chi connectivity index (χ0v) is 20.7. The van der Waals surface area contributed by atoms with Gasteiger partial charge in [-0.3, -0.25) is 4.79 Å². The molecule has 2 amide bonds. The molecule has 0 radical (unpaired) electrons. The molecule has 1 aromatic heterocycles. The largest absolute Gasteiger partial charge is 0.459 e. The highest BCUT2D eigenvalue weighted by Crippen LogP contribution is 2.11. The lowest BCUT2D eigenvalue weighted by molar-refractivity contribution is -0.147. The molecule has 0 spiro atoms. The van der Waals surface area contributed by atoms with E-state index in [0.717, 1.165) is 11.1 Å². The Morgan fingerprint density at radius 2 is 1.57 bits per heavy atom.